The van der Waals surface area contributed by atoms with Crippen molar-refractivity contribution in [2.24, 2.45) is 5.10 Å². The van der Waals surface area contributed by atoms with Gasteiger partial charge in [-0.1, -0.05) is 102 Å². The number of hydrogen-bond acceptors (Lipinski definition) is 4. The SMILES string of the molecule is O=C(N/N=C/c1c(OCc2ccccc2)ccc2ccccc12)c1ccccc1OCc1ccc(Cl)cc1Cl. The molecule has 0 spiro atoms. The molecule has 7 heteroatoms. The second-order valence-corrected chi connectivity index (χ2v) is 9.54. The first-order chi connectivity index (χ1) is 19.1. The molecule has 1 N–H and O–H groups in total. The molecule has 5 rings (SSSR count). The van der Waals surface area contributed by atoms with E-state index in [0.717, 1.165) is 27.5 Å². The van der Waals surface area contributed by atoms with Crippen LogP contribution in [0.2, 0.25) is 10.0 Å². The molecule has 5 nitrogen and oxygen atoms in total. The topological polar surface area (TPSA) is 59.9 Å². The molecular weight excluding hydrogens is 531 g/mol. The van der Waals surface area contributed by atoms with Gasteiger partial charge >= 0.3 is 0 Å². The number of rotatable bonds is 9. The normalized spacial score (nSPS) is 11.0. The summed E-state index contributed by atoms with van der Waals surface area (Å²) in [5, 5.41) is 7.31. The van der Waals surface area contributed by atoms with Gasteiger partial charge in [0, 0.05) is 21.2 Å². The van der Waals surface area contributed by atoms with E-state index in [1.165, 1.54) is 0 Å². The molecule has 0 radical (unpaired) electrons. The smallest absolute Gasteiger partial charge is 0.275 e. The van der Waals surface area contributed by atoms with Gasteiger partial charge in [-0.2, -0.15) is 5.10 Å². The maximum atomic E-state index is 13.1. The van der Waals surface area contributed by atoms with E-state index in [0.29, 0.717) is 33.7 Å². The van der Waals surface area contributed by atoms with Gasteiger partial charge in [0.15, 0.2) is 0 Å². The van der Waals surface area contributed by atoms with Crippen LogP contribution in [0.15, 0.2) is 114 Å². The second kappa shape index (κ2) is 12.5. The minimum atomic E-state index is -0.406. The van der Waals surface area contributed by atoms with Crippen molar-refractivity contribution in [2.75, 3.05) is 0 Å². The summed E-state index contributed by atoms with van der Waals surface area (Å²) in [7, 11) is 0. The first kappa shape index (κ1) is 26.3. The zero-order valence-electron chi connectivity index (χ0n) is 20.8. The maximum absolute atomic E-state index is 13.1. The van der Waals surface area contributed by atoms with Gasteiger partial charge in [-0.3, -0.25) is 4.79 Å². The largest absolute Gasteiger partial charge is 0.488 e. The monoisotopic (exact) mass is 554 g/mol. The van der Waals surface area contributed by atoms with Gasteiger partial charge in [-0.15, -0.1) is 0 Å². The summed E-state index contributed by atoms with van der Waals surface area (Å²) in [5.74, 6) is 0.670. The molecule has 0 aliphatic heterocycles. The number of hydrazone groups is 1. The lowest BCUT2D eigenvalue weighted by molar-refractivity contribution is 0.0950. The van der Waals surface area contributed by atoms with Crippen molar-refractivity contribution < 1.29 is 14.3 Å². The van der Waals surface area contributed by atoms with Gasteiger partial charge in [-0.05, 0) is 46.7 Å². The molecule has 5 aromatic carbocycles. The van der Waals surface area contributed by atoms with Crippen molar-refractivity contribution in [3.8, 4) is 11.5 Å². The molecule has 5 aromatic rings. The lowest BCUT2D eigenvalue weighted by Gasteiger charge is -2.13. The predicted octanol–water partition coefficient (Wildman–Crippen LogP) is 8.07. The van der Waals surface area contributed by atoms with Gasteiger partial charge in [0.2, 0.25) is 0 Å². The van der Waals surface area contributed by atoms with Crippen LogP contribution in [-0.4, -0.2) is 12.1 Å². The standard InChI is InChI=1S/C32H24Cl2N2O3/c33-25-16-14-24(29(34)18-25)21-39-30-13-7-6-12-27(30)32(37)36-35-19-28-26-11-5-4-10-23(26)15-17-31(28)38-20-22-8-2-1-3-9-22/h1-19H,20-21H2,(H,36,37)/b35-19+. The Morgan fingerprint density at radius 3 is 2.36 bits per heavy atom. The fourth-order valence-electron chi connectivity index (χ4n) is 4.06. The number of amides is 1. The highest BCUT2D eigenvalue weighted by atomic mass is 35.5. The highest BCUT2D eigenvalue weighted by Gasteiger charge is 2.13. The first-order valence-electron chi connectivity index (χ1n) is 12.3. The Morgan fingerprint density at radius 1 is 0.769 bits per heavy atom. The minimum Gasteiger partial charge on any atom is -0.488 e. The predicted molar refractivity (Wildman–Crippen MR) is 157 cm³/mol. The molecule has 0 heterocycles. The molecule has 39 heavy (non-hydrogen) atoms. The average molecular weight is 555 g/mol. The number of halogens is 2. The Kier molecular flexibility index (Phi) is 8.42. The summed E-state index contributed by atoms with van der Waals surface area (Å²) < 4.78 is 12.1. The maximum Gasteiger partial charge on any atom is 0.275 e. The molecule has 0 bridgehead atoms. The zero-order chi connectivity index (χ0) is 27.0. The van der Waals surface area contributed by atoms with E-state index in [9.17, 15) is 4.79 Å². The number of carbonyl (C=O) groups is 1. The van der Waals surface area contributed by atoms with Gasteiger partial charge in [0.1, 0.15) is 24.7 Å². The summed E-state index contributed by atoms with van der Waals surface area (Å²) in [6.07, 6.45) is 1.61. The highest BCUT2D eigenvalue weighted by Crippen LogP contribution is 2.28. The minimum absolute atomic E-state index is 0.182. The highest BCUT2D eigenvalue weighted by molar-refractivity contribution is 6.35. The van der Waals surface area contributed by atoms with Gasteiger partial charge in [-0.25, -0.2) is 5.43 Å². The molecular formula is C32H24Cl2N2O3. The summed E-state index contributed by atoms with van der Waals surface area (Å²) in [6, 6.07) is 34.0. The van der Waals surface area contributed by atoms with Crippen molar-refractivity contribution in [1.29, 1.82) is 0 Å². The van der Waals surface area contributed by atoms with Crippen molar-refractivity contribution >= 4 is 46.1 Å². The fourth-order valence-corrected chi connectivity index (χ4v) is 4.52. The number of fused-ring (bicyclic) bond motifs is 1. The van der Waals surface area contributed by atoms with Gasteiger partial charge in [0.25, 0.3) is 5.91 Å². The van der Waals surface area contributed by atoms with Crippen LogP contribution in [0.4, 0.5) is 0 Å². The third-order valence-corrected chi connectivity index (χ3v) is 6.64. The Hall–Kier alpha value is -4.32. The Labute approximate surface area is 236 Å². The third-order valence-electron chi connectivity index (χ3n) is 6.06. The summed E-state index contributed by atoms with van der Waals surface area (Å²) >= 11 is 12.2. The molecule has 0 fully saturated rings. The van der Waals surface area contributed by atoms with E-state index >= 15 is 0 Å². The molecule has 0 unspecified atom stereocenters. The van der Waals surface area contributed by atoms with Gasteiger partial charge < -0.3 is 9.47 Å². The molecule has 194 valence electrons. The zero-order valence-corrected chi connectivity index (χ0v) is 22.3. The molecule has 0 aromatic heterocycles. The number of nitrogens with one attached hydrogen (secondary N) is 1. The second-order valence-electron chi connectivity index (χ2n) is 8.69. The Morgan fingerprint density at radius 2 is 1.51 bits per heavy atom. The van der Waals surface area contributed by atoms with Crippen LogP contribution >= 0.6 is 23.2 Å². The molecule has 0 atom stereocenters. The number of ether oxygens (including phenoxy) is 2. The Bertz CT molecular complexity index is 1640. The van der Waals surface area contributed by atoms with E-state index in [-0.39, 0.29) is 6.61 Å². The fraction of sp³-hybridized carbons (Fsp3) is 0.0625. The van der Waals surface area contributed by atoms with Crippen molar-refractivity contribution in [2.45, 2.75) is 13.2 Å². The van der Waals surface area contributed by atoms with E-state index in [1.54, 1.807) is 48.7 Å². The number of carbonyl (C=O) groups excluding carboxylic acids is 1. The van der Waals surface area contributed by atoms with Crippen molar-refractivity contribution in [3.05, 3.63) is 141 Å². The lowest BCUT2D eigenvalue weighted by Crippen LogP contribution is -2.18. The van der Waals surface area contributed by atoms with Gasteiger partial charge in [0.05, 0.1) is 11.8 Å². The summed E-state index contributed by atoms with van der Waals surface area (Å²) in [4.78, 5) is 13.1. The third kappa shape index (κ3) is 6.58. The van der Waals surface area contributed by atoms with Crippen LogP contribution < -0.4 is 14.9 Å². The average Bonchev–Trinajstić information content (AvgIpc) is 2.96. The lowest BCUT2D eigenvalue weighted by atomic mass is 10.0. The van der Waals surface area contributed by atoms with Crippen LogP contribution in [0, 0.1) is 0 Å². The van der Waals surface area contributed by atoms with Crippen LogP contribution in [0.25, 0.3) is 10.8 Å². The molecule has 0 saturated carbocycles. The van der Waals surface area contributed by atoms with Crippen molar-refractivity contribution in [1.82, 2.24) is 5.43 Å². The summed E-state index contributed by atoms with van der Waals surface area (Å²) in [5.41, 5.74) is 5.55. The Balaban J connectivity index is 1.33. The van der Waals surface area contributed by atoms with Crippen LogP contribution in [0.1, 0.15) is 27.0 Å². The number of para-hydroxylation sites is 1. The van der Waals surface area contributed by atoms with Crippen LogP contribution in [-0.2, 0) is 13.2 Å². The molecule has 0 aliphatic carbocycles. The van der Waals surface area contributed by atoms with E-state index in [1.807, 2.05) is 66.7 Å². The van der Waals surface area contributed by atoms with E-state index < -0.39 is 5.91 Å². The van der Waals surface area contributed by atoms with Crippen LogP contribution in [0.3, 0.4) is 0 Å². The molecule has 0 saturated heterocycles. The molecule has 0 aliphatic rings. The number of nitrogens with zero attached hydrogens (tertiary/aromatic N) is 1. The number of benzene rings is 5. The van der Waals surface area contributed by atoms with Crippen molar-refractivity contribution in [3.63, 3.8) is 0 Å². The number of hydrogen-bond donors (Lipinski definition) is 1. The summed E-state index contributed by atoms with van der Waals surface area (Å²) in [6.45, 7) is 0.594. The first-order valence-corrected chi connectivity index (χ1v) is 13.0. The van der Waals surface area contributed by atoms with E-state index in [2.05, 4.69) is 10.5 Å². The van der Waals surface area contributed by atoms with Crippen LogP contribution in [0.5, 0.6) is 11.5 Å². The quantitative estimate of drug-likeness (QED) is 0.148. The molecule has 1 amide bonds. The van der Waals surface area contributed by atoms with E-state index in [4.69, 9.17) is 32.7 Å².